The number of alkyl halides is 3. The van der Waals surface area contributed by atoms with Gasteiger partial charge in [-0.1, -0.05) is 12.1 Å². The van der Waals surface area contributed by atoms with Crippen molar-refractivity contribution in [1.82, 2.24) is 14.9 Å². The monoisotopic (exact) mass is 449 g/mol. The Hall–Kier alpha value is -3.04. The second-order valence-electron chi connectivity index (χ2n) is 8.04. The predicted molar refractivity (Wildman–Crippen MR) is 114 cm³/mol. The number of halogens is 3. The summed E-state index contributed by atoms with van der Waals surface area (Å²) >= 11 is 0. The third-order valence-corrected chi connectivity index (χ3v) is 5.70. The van der Waals surface area contributed by atoms with E-state index in [4.69, 9.17) is 4.98 Å². The number of rotatable bonds is 4. The van der Waals surface area contributed by atoms with Gasteiger partial charge in [-0.05, 0) is 38.3 Å². The predicted octanol–water partition coefficient (Wildman–Crippen LogP) is 3.64. The summed E-state index contributed by atoms with van der Waals surface area (Å²) in [5.41, 5.74) is 0.788. The van der Waals surface area contributed by atoms with Crippen LogP contribution in [-0.4, -0.2) is 66.4 Å². The molecule has 2 aromatic rings. The number of piperidine rings is 1. The normalized spacial score (nSPS) is 17.4. The molecule has 2 aliphatic heterocycles. The molecule has 0 atom stereocenters. The van der Waals surface area contributed by atoms with Gasteiger partial charge in [-0.3, -0.25) is 4.79 Å². The van der Waals surface area contributed by atoms with Gasteiger partial charge in [0.2, 0.25) is 5.95 Å². The molecule has 1 aromatic heterocycles. The summed E-state index contributed by atoms with van der Waals surface area (Å²) in [7, 11) is 0. The maximum atomic E-state index is 12.9. The highest BCUT2D eigenvalue weighted by Gasteiger charge is 2.34. The van der Waals surface area contributed by atoms with Gasteiger partial charge in [-0.2, -0.15) is 4.98 Å². The quantitative estimate of drug-likeness (QED) is 0.711. The summed E-state index contributed by atoms with van der Waals surface area (Å²) in [4.78, 5) is 28.1. The summed E-state index contributed by atoms with van der Waals surface area (Å²) in [5, 5.41) is 0. The van der Waals surface area contributed by atoms with E-state index < -0.39 is 18.0 Å². The lowest BCUT2D eigenvalue weighted by molar-refractivity contribution is -0.274. The van der Waals surface area contributed by atoms with Crippen molar-refractivity contribution in [1.29, 1.82) is 0 Å². The second kappa shape index (κ2) is 9.22. The van der Waals surface area contributed by atoms with E-state index in [0.29, 0.717) is 26.2 Å². The number of benzene rings is 1. The van der Waals surface area contributed by atoms with E-state index in [0.717, 1.165) is 49.5 Å². The van der Waals surface area contributed by atoms with E-state index in [9.17, 15) is 18.0 Å². The first-order valence-electron chi connectivity index (χ1n) is 10.8. The molecule has 0 N–H and O–H groups in total. The topological polar surface area (TPSA) is 61.8 Å². The number of carbonyl (C=O) groups excluding carboxylic acids is 1. The van der Waals surface area contributed by atoms with Gasteiger partial charge in [0.05, 0.1) is 5.56 Å². The minimum atomic E-state index is -4.86. The van der Waals surface area contributed by atoms with E-state index in [-0.39, 0.29) is 5.56 Å². The van der Waals surface area contributed by atoms with Gasteiger partial charge in [-0.25, -0.2) is 4.98 Å². The van der Waals surface area contributed by atoms with Crippen molar-refractivity contribution >= 4 is 17.7 Å². The maximum Gasteiger partial charge on any atom is 0.573 e. The van der Waals surface area contributed by atoms with Crippen LogP contribution in [-0.2, 0) is 0 Å². The molecule has 172 valence electrons. The van der Waals surface area contributed by atoms with Gasteiger partial charge < -0.3 is 19.4 Å². The molecular formula is C22H26F3N5O2. The van der Waals surface area contributed by atoms with E-state index in [2.05, 4.69) is 19.5 Å². The molecule has 0 bridgehead atoms. The molecule has 1 aromatic carbocycles. The Labute approximate surface area is 184 Å². The third kappa shape index (κ3) is 5.23. The van der Waals surface area contributed by atoms with Gasteiger partial charge in [0.1, 0.15) is 11.6 Å². The lowest BCUT2D eigenvalue weighted by atomic mass is 10.1. The molecule has 0 unspecified atom stereocenters. The minimum Gasteiger partial charge on any atom is -0.405 e. The summed E-state index contributed by atoms with van der Waals surface area (Å²) in [6, 6.07) is 7.38. The van der Waals surface area contributed by atoms with Crippen LogP contribution < -0.4 is 14.5 Å². The number of carbonyl (C=O) groups is 1. The highest BCUT2D eigenvalue weighted by molar-refractivity contribution is 5.97. The molecule has 0 spiro atoms. The molecule has 2 fully saturated rings. The number of piperazine rings is 1. The Kier molecular flexibility index (Phi) is 6.38. The highest BCUT2D eigenvalue weighted by Crippen LogP contribution is 2.28. The maximum absolute atomic E-state index is 12.9. The first-order valence-corrected chi connectivity index (χ1v) is 10.8. The lowest BCUT2D eigenvalue weighted by Crippen LogP contribution is -2.49. The van der Waals surface area contributed by atoms with Crippen LogP contribution in [0.2, 0.25) is 0 Å². The number of aryl methyl sites for hydroxylation is 1. The number of ether oxygens (including phenoxy) is 1. The number of hydrogen-bond acceptors (Lipinski definition) is 6. The number of nitrogens with zero attached hydrogens (tertiary/aromatic N) is 5. The molecule has 32 heavy (non-hydrogen) atoms. The molecule has 1 amide bonds. The Morgan fingerprint density at radius 2 is 1.62 bits per heavy atom. The zero-order chi connectivity index (χ0) is 22.7. The molecule has 4 rings (SSSR count). The fourth-order valence-electron chi connectivity index (χ4n) is 4.10. The number of amides is 1. The Morgan fingerprint density at radius 1 is 0.938 bits per heavy atom. The number of anilines is 2. The summed E-state index contributed by atoms with van der Waals surface area (Å²) in [6.45, 7) is 5.65. The Balaban J connectivity index is 1.44. The molecule has 10 heteroatoms. The largest absolute Gasteiger partial charge is 0.573 e. The van der Waals surface area contributed by atoms with Crippen molar-refractivity contribution in [2.75, 3.05) is 49.1 Å². The van der Waals surface area contributed by atoms with Crippen LogP contribution in [0.15, 0.2) is 30.3 Å². The van der Waals surface area contributed by atoms with Crippen molar-refractivity contribution < 1.29 is 22.7 Å². The van der Waals surface area contributed by atoms with E-state index in [1.165, 1.54) is 24.6 Å². The number of para-hydroxylation sites is 1. The van der Waals surface area contributed by atoms with Crippen molar-refractivity contribution in [3.63, 3.8) is 0 Å². The molecule has 0 saturated carbocycles. The van der Waals surface area contributed by atoms with Gasteiger partial charge in [-0.15, -0.1) is 13.2 Å². The first-order chi connectivity index (χ1) is 15.3. The van der Waals surface area contributed by atoms with Crippen LogP contribution in [0.1, 0.15) is 35.3 Å². The summed E-state index contributed by atoms with van der Waals surface area (Å²) in [5.74, 6) is 0.588. The van der Waals surface area contributed by atoms with Crippen LogP contribution in [0.3, 0.4) is 0 Å². The van der Waals surface area contributed by atoms with Gasteiger partial charge >= 0.3 is 6.36 Å². The fourth-order valence-corrected chi connectivity index (χ4v) is 4.10. The zero-order valence-corrected chi connectivity index (χ0v) is 17.9. The minimum absolute atomic E-state index is 0.0939. The van der Waals surface area contributed by atoms with Crippen molar-refractivity contribution in [2.45, 2.75) is 32.5 Å². The van der Waals surface area contributed by atoms with Crippen LogP contribution in [0.5, 0.6) is 5.75 Å². The van der Waals surface area contributed by atoms with E-state index in [1.807, 2.05) is 13.0 Å². The average molecular weight is 449 g/mol. The van der Waals surface area contributed by atoms with Crippen molar-refractivity contribution in [3.8, 4) is 5.75 Å². The summed E-state index contributed by atoms with van der Waals surface area (Å²) < 4.78 is 42.1. The third-order valence-electron chi connectivity index (χ3n) is 5.70. The number of hydrogen-bond donors (Lipinski definition) is 0. The Bertz CT molecular complexity index is 955. The van der Waals surface area contributed by atoms with Crippen LogP contribution in [0.4, 0.5) is 24.9 Å². The number of aromatic nitrogens is 2. The van der Waals surface area contributed by atoms with Crippen molar-refractivity contribution in [2.24, 2.45) is 0 Å². The fraction of sp³-hybridized carbons (Fsp3) is 0.500. The lowest BCUT2D eigenvalue weighted by Gasteiger charge is -2.36. The van der Waals surface area contributed by atoms with Gasteiger partial charge in [0, 0.05) is 51.0 Å². The first kappa shape index (κ1) is 22.2. The smallest absolute Gasteiger partial charge is 0.405 e. The van der Waals surface area contributed by atoms with Crippen LogP contribution in [0.25, 0.3) is 0 Å². The SMILES string of the molecule is Cc1cc(N2CCN(C(=O)c3ccccc3OC(F)(F)F)CC2)nc(N2CCCCC2)n1. The highest BCUT2D eigenvalue weighted by atomic mass is 19.4. The molecule has 7 nitrogen and oxygen atoms in total. The van der Waals surface area contributed by atoms with E-state index >= 15 is 0 Å². The zero-order valence-electron chi connectivity index (χ0n) is 17.9. The molecule has 2 saturated heterocycles. The second-order valence-corrected chi connectivity index (χ2v) is 8.04. The standard InChI is InChI=1S/C22H26F3N5O2/c1-16-15-19(27-21(26-16)30-9-5-2-6-10-30)28-11-13-29(14-12-28)20(31)17-7-3-4-8-18(17)32-22(23,24)25/h3-4,7-8,15H,2,5-6,9-14H2,1H3. The molecule has 3 heterocycles. The van der Waals surface area contributed by atoms with Crippen molar-refractivity contribution in [3.05, 3.63) is 41.6 Å². The summed E-state index contributed by atoms with van der Waals surface area (Å²) in [6.07, 6.45) is -1.37. The van der Waals surface area contributed by atoms with Crippen LogP contribution in [0, 0.1) is 6.92 Å². The molecule has 0 aliphatic carbocycles. The molecular weight excluding hydrogens is 423 g/mol. The van der Waals surface area contributed by atoms with Gasteiger partial charge in [0.15, 0.2) is 0 Å². The Morgan fingerprint density at radius 3 is 2.31 bits per heavy atom. The van der Waals surface area contributed by atoms with E-state index in [1.54, 1.807) is 4.90 Å². The van der Waals surface area contributed by atoms with Gasteiger partial charge in [0.25, 0.3) is 5.91 Å². The average Bonchev–Trinajstić information content (AvgIpc) is 2.78. The molecule has 0 radical (unpaired) electrons. The molecule has 2 aliphatic rings. The van der Waals surface area contributed by atoms with Crippen LogP contribution >= 0.6 is 0 Å².